The minimum absolute atomic E-state index is 0.0665. The first-order valence-corrected chi connectivity index (χ1v) is 8.98. The maximum Gasteiger partial charge on any atom is 0.255 e. The van der Waals surface area contributed by atoms with E-state index >= 15 is 0 Å². The summed E-state index contributed by atoms with van der Waals surface area (Å²) < 4.78 is 5.17. The lowest BCUT2D eigenvalue weighted by Crippen LogP contribution is -2.47. The standard InChI is InChI=1S/C20H25N3O3/c1-14-17(9-12-26-14)20(25)22-16-7-10-23(11-8-16)19(24)13-18(21)15-5-3-2-4-6-15/h2-6,9,12,16,18H,7-8,10-11,13,21H2,1H3,(H,22,25). The van der Waals surface area contributed by atoms with Crippen LogP contribution in [0.15, 0.2) is 47.1 Å². The molecular formula is C20H25N3O3. The lowest BCUT2D eigenvalue weighted by atomic mass is 10.0. The molecule has 2 aromatic rings. The maximum atomic E-state index is 12.5. The van der Waals surface area contributed by atoms with Crippen LogP contribution in [-0.2, 0) is 4.79 Å². The fourth-order valence-electron chi connectivity index (χ4n) is 3.29. The number of hydrogen-bond donors (Lipinski definition) is 2. The van der Waals surface area contributed by atoms with Gasteiger partial charge in [-0.2, -0.15) is 0 Å². The fourth-order valence-corrected chi connectivity index (χ4v) is 3.29. The van der Waals surface area contributed by atoms with Gasteiger partial charge in [-0.3, -0.25) is 9.59 Å². The molecule has 1 unspecified atom stereocenters. The quantitative estimate of drug-likeness (QED) is 0.862. The van der Waals surface area contributed by atoms with E-state index in [1.165, 1.54) is 6.26 Å². The number of aryl methyl sites for hydroxylation is 1. The van der Waals surface area contributed by atoms with Gasteiger partial charge in [0.15, 0.2) is 0 Å². The summed E-state index contributed by atoms with van der Waals surface area (Å²) in [6, 6.07) is 11.1. The van der Waals surface area contributed by atoms with Gasteiger partial charge >= 0.3 is 0 Å². The Labute approximate surface area is 153 Å². The van der Waals surface area contributed by atoms with Gasteiger partial charge in [-0.05, 0) is 31.4 Å². The summed E-state index contributed by atoms with van der Waals surface area (Å²) in [6.07, 6.45) is 3.31. The van der Waals surface area contributed by atoms with E-state index in [0.29, 0.717) is 30.8 Å². The van der Waals surface area contributed by atoms with Gasteiger partial charge < -0.3 is 20.4 Å². The van der Waals surface area contributed by atoms with E-state index in [2.05, 4.69) is 5.32 Å². The molecule has 6 nitrogen and oxygen atoms in total. The average Bonchev–Trinajstić information content (AvgIpc) is 3.09. The highest BCUT2D eigenvalue weighted by Crippen LogP contribution is 2.18. The third-order valence-electron chi connectivity index (χ3n) is 4.91. The molecule has 3 N–H and O–H groups in total. The molecule has 2 amide bonds. The van der Waals surface area contributed by atoms with Gasteiger partial charge in [0.2, 0.25) is 5.91 Å². The normalized spacial score (nSPS) is 16.3. The van der Waals surface area contributed by atoms with Gasteiger partial charge in [0.05, 0.1) is 11.8 Å². The Balaban J connectivity index is 1.46. The van der Waals surface area contributed by atoms with Crippen LogP contribution in [0.2, 0.25) is 0 Å². The molecule has 1 aromatic heterocycles. The van der Waals surface area contributed by atoms with Gasteiger partial charge in [-0.15, -0.1) is 0 Å². The van der Waals surface area contributed by atoms with Crippen molar-refractivity contribution in [3.8, 4) is 0 Å². The van der Waals surface area contributed by atoms with Gasteiger partial charge in [-0.1, -0.05) is 30.3 Å². The predicted molar refractivity (Wildman–Crippen MR) is 98.5 cm³/mol. The van der Waals surface area contributed by atoms with Crippen molar-refractivity contribution in [2.75, 3.05) is 13.1 Å². The van der Waals surface area contributed by atoms with E-state index in [9.17, 15) is 9.59 Å². The number of rotatable bonds is 5. The molecule has 0 bridgehead atoms. The molecule has 2 heterocycles. The molecule has 138 valence electrons. The molecule has 1 atom stereocenters. The molecule has 0 radical (unpaired) electrons. The number of furan rings is 1. The summed E-state index contributed by atoms with van der Waals surface area (Å²) in [5.74, 6) is 0.564. The van der Waals surface area contributed by atoms with Crippen molar-refractivity contribution < 1.29 is 14.0 Å². The number of amides is 2. The number of nitrogens with two attached hydrogens (primary N) is 1. The van der Waals surface area contributed by atoms with Gasteiger partial charge in [0.1, 0.15) is 5.76 Å². The summed E-state index contributed by atoms with van der Waals surface area (Å²) in [6.45, 7) is 3.04. The van der Waals surface area contributed by atoms with Crippen molar-refractivity contribution in [2.24, 2.45) is 5.73 Å². The third-order valence-corrected chi connectivity index (χ3v) is 4.91. The molecule has 0 aliphatic carbocycles. The van der Waals surface area contributed by atoms with E-state index in [-0.39, 0.29) is 23.9 Å². The predicted octanol–water partition coefficient (Wildman–Crippen LogP) is 2.40. The number of carbonyl (C=O) groups excluding carboxylic acids is 2. The Hall–Kier alpha value is -2.60. The second kappa shape index (κ2) is 8.19. The molecule has 3 rings (SSSR count). The number of carbonyl (C=O) groups is 2. The lowest BCUT2D eigenvalue weighted by Gasteiger charge is -2.33. The van der Waals surface area contributed by atoms with Gasteiger partial charge in [0.25, 0.3) is 5.91 Å². The minimum atomic E-state index is -0.287. The van der Waals surface area contributed by atoms with E-state index in [4.69, 9.17) is 10.2 Å². The molecule has 0 spiro atoms. The molecule has 0 saturated carbocycles. The topological polar surface area (TPSA) is 88.6 Å². The molecule has 1 aromatic carbocycles. The minimum Gasteiger partial charge on any atom is -0.469 e. The number of nitrogens with one attached hydrogen (secondary N) is 1. The molecule has 1 aliphatic rings. The van der Waals surface area contributed by atoms with Gasteiger partial charge in [0, 0.05) is 31.6 Å². The van der Waals surface area contributed by atoms with Crippen LogP contribution < -0.4 is 11.1 Å². The molecule has 1 fully saturated rings. The van der Waals surface area contributed by atoms with Crippen LogP contribution in [-0.4, -0.2) is 35.8 Å². The zero-order valence-corrected chi connectivity index (χ0v) is 15.0. The van der Waals surface area contributed by atoms with Crippen molar-refractivity contribution in [1.29, 1.82) is 0 Å². The Morgan fingerprint density at radius 3 is 2.54 bits per heavy atom. The molecular weight excluding hydrogens is 330 g/mol. The van der Waals surface area contributed by atoms with Crippen LogP contribution >= 0.6 is 0 Å². The van der Waals surface area contributed by atoms with Crippen LogP contribution in [0.5, 0.6) is 0 Å². The van der Waals surface area contributed by atoms with Crippen LogP contribution in [0.3, 0.4) is 0 Å². The first-order chi connectivity index (χ1) is 12.5. The van der Waals surface area contributed by atoms with Crippen molar-refractivity contribution in [2.45, 2.75) is 38.3 Å². The van der Waals surface area contributed by atoms with E-state index in [0.717, 1.165) is 18.4 Å². The average molecular weight is 355 g/mol. The van der Waals surface area contributed by atoms with Crippen molar-refractivity contribution in [3.63, 3.8) is 0 Å². The third kappa shape index (κ3) is 4.32. The van der Waals surface area contributed by atoms with Crippen LogP contribution in [0, 0.1) is 6.92 Å². The van der Waals surface area contributed by atoms with E-state index < -0.39 is 0 Å². The zero-order valence-electron chi connectivity index (χ0n) is 15.0. The van der Waals surface area contributed by atoms with Crippen LogP contribution in [0.1, 0.15) is 47.0 Å². The first-order valence-electron chi connectivity index (χ1n) is 8.98. The van der Waals surface area contributed by atoms with E-state index in [1.807, 2.05) is 35.2 Å². The summed E-state index contributed by atoms with van der Waals surface area (Å²) in [5.41, 5.74) is 7.69. The number of likely N-dealkylation sites (tertiary alicyclic amines) is 1. The van der Waals surface area contributed by atoms with Crippen LogP contribution in [0.25, 0.3) is 0 Å². The molecule has 6 heteroatoms. The number of piperidine rings is 1. The van der Waals surface area contributed by atoms with Gasteiger partial charge in [-0.25, -0.2) is 0 Å². The Bertz CT molecular complexity index is 749. The second-order valence-electron chi connectivity index (χ2n) is 6.74. The van der Waals surface area contributed by atoms with E-state index in [1.54, 1.807) is 13.0 Å². The first kappa shape index (κ1) is 18.2. The SMILES string of the molecule is Cc1occc1C(=O)NC1CCN(C(=O)CC(N)c2ccccc2)CC1. The summed E-state index contributed by atoms with van der Waals surface area (Å²) in [4.78, 5) is 26.6. The Kier molecular flexibility index (Phi) is 5.73. The molecule has 1 saturated heterocycles. The highest BCUT2D eigenvalue weighted by atomic mass is 16.3. The number of benzene rings is 1. The monoisotopic (exact) mass is 355 g/mol. The summed E-state index contributed by atoms with van der Waals surface area (Å²) in [7, 11) is 0. The summed E-state index contributed by atoms with van der Waals surface area (Å²) in [5, 5.41) is 3.03. The second-order valence-corrected chi connectivity index (χ2v) is 6.74. The fraction of sp³-hybridized carbons (Fsp3) is 0.400. The Morgan fingerprint density at radius 1 is 1.23 bits per heavy atom. The highest BCUT2D eigenvalue weighted by Gasteiger charge is 2.26. The highest BCUT2D eigenvalue weighted by molar-refractivity contribution is 5.95. The van der Waals surface area contributed by atoms with Crippen molar-refractivity contribution in [1.82, 2.24) is 10.2 Å². The number of hydrogen-bond acceptors (Lipinski definition) is 4. The largest absolute Gasteiger partial charge is 0.469 e. The molecule has 26 heavy (non-hydrogen) atoms. The number of nitrogens with zero attached hydrogens (tertiary/aromatic N) is 1. The van der Waals surface area contributed by atoms with Crippen LogP contribution in [0.4, 0.5) is 0 Å². The molecule has 1 aliphatic heterocycles. The zero-order chi connectivity index (χ0) is 18.5. The smallest absolute Gasteiger partial charge is 0.255 e. The lowest BCUT2D eigenvalue weighted by molar-refractivity contribution is -0.132. The maximum absolute atomic E-state index is 12.5. The van der Waals surface area contributed by atoms with Crippen molar-refractivity contribution >= 4 is 11.8 Å². The van der Waals surface area contributed by atoms with Crippen molar-refractivity contribution in [3.05, 3.63) is 59.5 Å². The summed E-state index contributed by atoms with van der Waals surface area (Å²) >= 11 is 0. The Morgan fingerprint density at radius 2 is 1.92 bits per heavy atom.